The number of hydrogen-bond donors (Lipinski definition) is 2. The fourth-order valence-electron chi connectivity index (χ4n) is 4.53. The van der Waals surface area contributed by atoms with E-state index in [4.69, 9.17) is 0 Å². The zero-order valence-electron chi connectivity index (χ0n) is 15.9. The van der Waals surface area contributed by atoms with E-state index in [1.807, 2.05) is 84.9 Å². The Morgan fingerprint density at radius 2 is 1.37 bits per heavy atom. The molecule has 4 aromatic rings. The number of nitrogens with one attached hydrogen (secondary N) is 2. The average molecular weight is 391 g/mol. The number of nitrogens with zero attached hydrogens (tertiary/aromatic N) is 1. The molecule has 0 amide bonds. The molecule has 0 bridgehead atoms. The van der Waals surface area contributed by atoms with Crippen LogP contribution in [0.15, 0.2) is 95.3 Å². The first-order valence-corrected chi connectivity index (χ1v) is 9.84. The highest BCUT2D eigenvalue weighted by atomic mass is 16.1. The van der Waals surface area contributed by atoms with Crippen LogP contribution in [-0.4, -0.2) is 15.6 Å². The van der Waals surface area contributed by atoms with Gasteiger partial charge < -0.3 is 5.32 Å². The number of aromatic nitrogens is 2. The van der Waals surface area contributed by atoms with Crippen molar-refractivity contribution in [1.82, 2.24) is 9.78 Å². The van der Waals surface area contributed by atoms with Crippen LogP contribution in [0.2, 0.25) is 0 Å². The van der Waals surface area contributed by atoms with Gasteiger partial charge >= 0.3 is 0 Å². The van der Waals surface area contributed by atoms with Crippen LogP contribution in [0.3, 0.4) is 0 Å². The van der Waals surface area contributed by atoms with Gasteiger partial charge in [0.1, 0.15) is 5.82 Å². The molecule has 0 fully saturated rings. The quantitative estimate of drug-likeness (QED) is 0.534. The number of benzene rings is 3. The highest BCUT2D eigenvalue weighted by Gasteiger charge is 2.42. The Kier molecular flexibility index (Phi) is 3.47. The van der Waals surface area contributed by atoms with Gasteiger partial charge in [-0.1, -0.05) is 72.8 Å². The second-order valence-corrected chi connectivity index (χ2v) is 7.51. The number of para-hydroxylation sites is 1. The number of anilines is 1. The maximum absolute atomic E-state index is 13.5. The highest BCUT2D eigenvalue weighted by molar-refractivity contribution is 6.23. The maximum Gasteiger partial charge on any atom is 0.277 e. The third kappa shape index (κ3) is 2.23. The molecule has 30 heavy (non-hydrogen) atoms. The number of hydrogen-bond acceptors (Lipinski definition) is 3. The number of carbonyl (C=O) groups is 1. The normalized spacial score (nSPS) is 16.7. The Morgan fingerprint density at radius 3 is 2.10 bits per heavy atom. The molecule has 5 nitrogen and oxygen atoms in total. The SMILES string of the molecule is O=C1C2=C(Nc3[nH]n(-c4ccccc4)c(=O)c3C2c2ccccc2)c2ccccc21. The van der Waals surface area contributed by atoms with E-state index in [0.29, 0.717) is 22.5 Å². The van der Waals surface area contributed by atoms with Gasteiger partial charge in [0.15, 0.2) is 5.78 Å². The van der Waals surface area contributed by atoms with Gasteiger partial charge in [-0.3, -0.25) is 14.7 Å². The molecule has 1 atom stereocenters. The molecule has 2 N–H and O–H groups in total. The fourth-order valence-corrected chi connectivity index (χ4v) is 4.53. The molecule has 144 valence electrons. The van der Waals surface area contributed by atoms with Gasteiger partial charge in [-0.05, 0) is 17.7 Å². The van der Waals surface area contributed by atoms with Crippen LogP contribution >= 0.6 is 0 Å². The van der Waals surface area contributed by atoms with Crippen molar-refractivity contribution in [2.24, 2.45) is 0 Å². The molecule has 5 heteroatoms. The van der Waals surface area contributed by atoms with Crippen molar-refractivity contribution >= 4 is 17.3 Å². The lowest BCUT2D eigenvalue weighted by atomic mass is 9.82. The van der Waals surface area contributed by atoms with E-state index in [2.05, 4.69) is 10.4 Å². The van der Waals surface area contributed by atoms with Gasteiger partial charge in [0.05, 0.1) is 16.9 Å². The Balaban J connectivity index is 1.63. The molecule has 1 aromatic heterocycles. The molecule has 0 saturated carbocycles. The summed E-state index contributed by atoms with van der Waals surface area (Å²) in [6.07, 6.45) is 0. The molecule has 0 radical (unpaired) electrons. The van der Waals surface area contributed by atoms with Gasteiger partial charge in [0.25, 0.3) is 5.56 Å². The minimum absolute atomic E-state index is 0.0283. The monoisotopic (exact) mass is 391 g/mol. The van der Waals surface area contributed by atoms with Crippen molar-refractivity contribution in [1.29, 1.82) is 0 Å². The van der Waals surface area contributed by atoms with Gasteiger partial charge in [0, 0.05) is 22.6 Å². The zero-order valence-corrected chi connectivity index (χ0v) is 15.9. The van der Waals surface area contributed by atoms with E-state index in [9.17, 15) is 9.59 Å². The Morgan fingerprint density at radius 1 is 0.733 bits per heavy atom. The summed E-state index contributed by atoms with van der Waals surface area (Å²) in [5, 5.41) is 6.58. The van der Waals surface area contributed by atoms with Gasteiger partial charge in [-0.2, -0.15) is 0 Å². The molecular weight excluding hydrogens is 374 g/mol. The lowest BCUT2D eigenvalue weighted by molar-refractivity contribution is 0.103. The first-order chi connectivity index (χ1) is 14.7. The third-order valence-corrected chi connectivity index (χ3v) is 5.86. The first-order valence-electron chi connectivity index (χ1n) is 9.84. The summed E-state index contributed by atoms with van der Waals surface area (Å²) in [5.41, 5.74) is 5.02. The predicted molar refractivity (Wildman–Crippen MR) is 116 cm³/mol. The number of Topliss-reactive ketones (excluding diaryl/α,β-unsaturated/α-hetero) is 1. The summed E-state index contributed by atoms with van der Waals surface area (Å²) in [6, 6.07) is 26.8. The average Bonchev–Trinajstić information content (AvgIpc) is 3.28. The van der Waals surface area contributed by atoms with Crippen molar-refractivity contribution in [2.45, 2.75) is 5.92 Å². The van der Waals surface area contributed by atoms with Crippen LogP contribution in [0.1, 0.15) is 33.0 Å². The number of H-pyrrole nitrogens is 1. The van der Waals surface area contributed by atoms with E-state index < -0.39 is 5.92 Å². The van der Waals surface area contributed by atoms with Crippen molar-refractivity contribution in [3.05, 3.63) is 123 Å². The van der Waals surface area contributed by atoms with Crippen LogP contribution in [-0.2, 0) is 0 Å². The summed E-state index contributed by atoms with van der Waals surface area (Å²) in [7, 11) is 0. The molecule has 2 aliphatic rings. The minimum atomic E-state index is -0.439. The predicted octanol–water partition coefficient (Wildman–Crippen LogP) is 4.33. The summed E-state index contributed by atoms with van der Waals surface area (Å²) < 4.78 is 1.53. The number of rotatable bonds is 2. The molecule has 2 heterocycles. The topological polar surface area (TPSA) is 66.9 Å². The second-order valence-electron chi connectivity index (χ2n) is 7.51. The molecular formula is C25H17N3O2. The van der Waals surface area contributed by atoms with Crippen LogP contribution in [0.4, 0.5) is 5.82 Å². The lowest BCUT2D eigenvalue weighted by Gasteiger charge is -2.25. The summed E-state index contributed by atoms with van der Waals surface area (Å²) in [5.74, 6) is 0.159. The first kappa shape index (κ1) is 16.8. The summed E-state index contributed by atoms with van der Waals surface area (Å²) >= 11 is 0. The Hall–Kier alpha value is -4.12. The van der Waals surface area contributed by atoms with Crippen molar-refractivity contribution in [3.63, 3.8) is 0 Å². The van der Waals surface area contributed by atoms with Crippen molar-refractivity contribution < 1.29 is 4.79 Å². The second kappa shape index (κ2) is 6.19. The van der Waals surface area contributed by atoms with Crippen molar-refractivity contribution in [3.8, 4) is 5.69 Å². The molecule has 3 aromatic carbocycles. The summed E-state index contributed by atoms with van der Waals surface area (Å²) in [4.78, 5) is 26.9. The zero-order chi connectivity index (χ0) is 20.2. The van der Waals surface area contributed by atoms with Gasteiger partial charge in [-0.15, -0.1) is 0 Å². The smallest absolute Gasteiger partial charge is 0.277 e. The summed E-state index contributed by atoms with van der Waals surface area (Å²) in [6.45, 7) is 0. The number of ketones is 1. The van der Waals surface area contributed by atoms with Gasteiger partial charge in [0.2, 0.25) is 0 Å². The molecule has 1 aliphatic carbocycles. The largest absolute Gasteiger partial charge is 0.339 e. The molecule has 1 unspecified atom stereocenters. The van der Waals surface area contributed by atoms with E-state index in [0.717, 1.165) is 22.5 Å². The fraction of sp³-hybridized carbons (Fsp3) is 0.0400. The van der Waals surface area contributed by atoms with Crippen LogP contribution < -0.4 is 10.9 Å². The standard InChI is InChI=1S/C25H17N3O2/c29-23-18-14-8-7-13-17(18)22-20(23)19(15-9-3-1-4-10-15)21-24(26-22)27-28(25(21)30)16-11-5-2-6-12-16/h1-14,19,26-27H. The molecule has 6 rings (SSSR count). The number of fused-ring (bicyclic) bond motifs is 3. The molecule has 0 saturated heterocycles. The lowest BCUT2D eigenvalue weighted by Crippen LogP contribution is -2.25. The number of allylic oxidation sites excluding steroid dienone is 1. The molecule has 1 aliphatic heterocycles. The van der Waals surface area contributed by atoms with E-state index in [1.54, 1.807) is 0 Å². The minimum Gasteiger partial charge on any atom is -0.339 e. The Bertz CT molecular complexity index is 1400. The van der Waals surface area contributed by atoms with Crippen LogP contribution in [0.5, 0.6) is 0 Å². The third-order valence-electron chi connectivity index (χ3n) is 5.86. The van der Waals surface area contributed by atoms with Gasteiger partial charge in [-0.25, -0.2) is 4.68 Å². The highest BCUT2D eigenvalue weighted by Crippen LogP contribution is 2.47. The van der Waals surface area contributed by atoms with Crippen LogP contribution in [0.25, 0.3) is 11.4 Å². The van der Waals surface area contributed by atoms with E-state index in [-0.39, 0.29) is 11.3 Å². The van der Waals surface area contributed by atoms with Crippen molar-refractivity contribution in [2.75, 3.05) is 5.32 Å². The van der Waals surface area contributed by atoms with Crippen LogP contribution in [0, 0.1) is 0 Å². The Labute approximate surface area is 172 Å². The number of carbonyl (C=O) groups excluding carboxylic acids is 1. The maximum atomic E-state index is 13.5. The number of aromatic amines is 1. The van der Waals surface area contributed by atoms with E-state index >= 15 is 0 Å². The molecule has 0 spiro atoms. The van der Waals surface area contributed by atoms with E-state index in [1.165, 1.54) is 4.68 Å².